The van der Waals surface area contributed by atoms with Crippen molar-refractivity contribution in [2.45, 2.75) is 18.7 Å². The molecule has 2 N–H and O–H groups in total. The third-order valence-electron chi connectivity index (χ3n) is 2.20. The van der Waals surface area contributed by atoms with Crippen LogP contribution in [0.4, 0.5) is 11.9 Å². The van der Waals surface area contributed by atoms with Gasteiger partial charge in [-0.3, -0.25) is 0 Å². The van der Waals surface area contributed by atoms with Crippen LogP contribution < -0.4 is 10.6 Å². The first-order chi connectivity index (χ1) is 6.79. The summed E-state index contributed by atoms with van der Waals surface area (Å²) in [4.78, 5) is 14.3. The summed E-state index contributed by atoms with van der Waals surface area (Å²) in [6.45, 7) is 1.98. The van der Waals surface area contributed by atoms with Crippen LogP contribution in [-0.2, 0) is 5.88 Å². The maximum atomic E-state index is 5.65. The Morgan fingerprint density at radius 2 is 1.93 bits per heavy atom. The van der Waals surface area contributed by atoms with Crippen LogP contribution in [0.5, 0.6) is 0 Å². The first kappa shape index (κ1) is 9.45. The van der Waals surface area contributed by atoms with Crippen LogP contribution in [0, 0.1) is 0 Å². The van der Waals surface area contributed by atoms with E-state index in [0.717, 1.165) is 13.1 Å². The van der Waals surface area contributed by atoms with Crippen LogP contribution in [0.25, 0.3) is 0 Å². The molecular formula is C8H12ClN5. The summed E-state index contributed by atoms with van der Waals surface area (Å²) in [6, 6.07) is 0. The van der Waals surface area contributed by atoms with Gasteiger partial charge in [-0.25, -0.2) is 0 Å². The van der Waals surface area contributed by atoms with Gasteiger partial charge < -0.3 is 10.6 Å². The first-order valence-corrected chi connectivity index (χ1v) is 5.14. The molecular weight excluding hydrogens is 202 g/mol. The Morgan fingerprint density at radius 1 is 1.21 bits per heavy atom. The maximum Gasteiger partial charge on any atom is 0.230 e. The third kappa shape index (κ3) is 1.87. The lowest BCUT2D eigenvalue weighted by atomic mass is 10.4. The second-order valence-corrected chi connectivity index (χ2v) is 3.50. The van der Waals surface area contributed by atoms with Crippen LogP contribution in [0.2, 0.25) is 0 Å². The standard InChI is InChI=1S/C8H12ClN5/c9-5-6-11-7(10)13-8(12-6)14-3-1-2-4-14/h1-5H2,(H2,10,11,12,13). The predicted octanol–water partition coefficient (Wildman–Crippen LogP) is 0.793. The number of nitrogen functional groups attached to an aromatic ring is 1. The average molecular weight is 214 g/mol. The molecule has 1 aliphatic rings. The highest BCUT2D eigenvalue weighted by molar-refractivity contribution is 6.16. The van der Waals surface area contributed by atoms with Gasteiger partial charge in [-0.15, -0.1) is 11.6 Å². The van der Waals surface area contributed by atoms with Gasteiger partial charge in [0.1, 0.15) is 0 Å². The quantitative estimate of drug-likeness (QED) is 0.736. The minimum Gasteiger partial charge on any atom is -0.368 e. The molecule has 2 rings (SSSR count). The van der Waals surface area contributed by atoms with E-state index in [-0.39, 0.29) is 11.8 Å². The SMILES string of the molecule is Nc1nc(CCl)nc(N2CCCC2)n1. The number of halogens is 1. The van der Waals surface area contributed by atoms with Crippen molar-refractivity contribution in [3.63, 3.8) is 0 Å². The zero-order chi connectivity index (χ0) is 9.97. The Labute approximate surface area is 87.3 Å². The molecule has 0 saturated carbocycles. The number of nitrogens with zero attached hydrogens (tertiary/aromatic N) is 4. The molecule has 14 heavy (non-hydrogen) atoms. The molecule has 76 valence electrons. The number of nitrogens with two attached hydrogens (primary N) is 1. The Kier molecular flexibility index (Phi) is 2.67. The van der Waals surface area contributed by atoms with Gasteiger partial charge in [0.05, 0.1) is 5.88 Å². The van der Waals surface area contributed by atoms with Crippen molar-refractivity contribution in [1.82, 2.24) is 15.0 Å². The van der Waals surface area contributed by atoms with Gasteiger partial charge in [-0.05, 0) is 12.8 Å². The van der Waals surface area contributed by atoms with Crippen LogP contribution in [0.1, 0.15) is 18.7 Å². The molecule has 0 amide bonds. The lowest BCUT2D eigenvalue weighted by Gasteiger charge is -2.15. The molecule has 1 saturated heterocycles. The smallest absolute Gasteiger partial charge is 0.230 e. The summed E-state index contributed by atoms with van der Waals surface area (Å²) in [5.74, 6) is 1.72. The number of alkyl halides is 1. The fourth-order valence-corrected chi connectivity index (χ4v) is 1.66. The fourth-order valence-electron chi connectivity index (χ4n) is 1.54. The van der Waals surface area contributed by atoms with Gasteiger partial charge in [-0.2, -0.15) is 15.0 Å². The number of hydrogen-bond acceptors (Lipinski definition) is 5. The van der Waals surface area contributed by atoms with Gasteiger partial charge in [0.2, 0.25) is 11.9 Å². The minimum atomic E-state index is 0.248. The molecule has 0 atom stereocenters. The summed E-state index contributed by atoms with van der Waals surface area (Å²) >= 11 is 5.65. The molecule has 1 aliphatic heterocycles. The molecule has 2 heterocycles. The van der Waals surface area contributed by atoms with Crippen molar-refractivity contribution < 1.29 is 0 Å². The number of hydrogen-bond donors (Lipinski definition) is 1. The molecule has 0 aromatic carbocycles. The summed E-state index contributed by atoms with van der Waals surface area (Å²) in [7, 11) is 0. The van der Waals surface area contributed by atoms with E-state index in [1.54, 1.807) is 0 Å². The van der Waals surface area contributed by atoms with Crippen molar-refractivity contribution >= 4 is 23.5 Å². The van der Waals surface area contributed by atoms with Gasteiger partial charge >= 0.3 is 0 Å². The largest absolute Gasteiger partial charge is 0.368 e. The summed E-state index contributed by atoms with van der Waals surface area (Å²) in [5.41, 5.74) is 5.56. The predicted molar refractivity (Wildman–Crippen MR) is 55.2 cm³/mol. The van der Waals surface area contributed by atoms with E-state index in [4.69, 9.17) is 17.3 Å². The lowest BCUT2D eigenvalue weighted by Crippen LogP contribution is -2.22. The normalized spacial score (nSPS) is 16.2. The van der Waals surface area contributed by atoms with Crippen LogP contribution >= 0.6 is 11.6 Å². The fraction of sp³-hybridized carbons (Fsp3) is 0.625. The van der Waals surface area contributed by atoms with E-state index in [2.05, 4.69) is 19.9 Å². The van der Waals surface area contributed by atoms with Crippen molar-refractivity contribution in [2.75, 3.05) is 23.7 Å². The summed E-state index contributed by atoms with van der Waals surface area (Å²) in [5, 5.41) is 0. The van der Waals surface area contributed by atoms with E-state index in [9.17, 15) is 0 Å². The zero-order valence-electron chi connectivity index (χ0n) is 7.78. The second-order valence-electron chi connectivity index (χ2n) is 3.24. The van der Waals surface area contributed by atoms with Crippen molar-refractivity contribution in [3.05, 3.63) is 5.82 Å². The molecule has 0 unspecified atom stereocenters. The zero-order valence-corrected chi connectivity index (χ0v) is 8.54. The van der Waals surface area contributed by atoms with Crippen molar-refractivity contribution in [2.24, 2.45) is 0 Å². The van der Waals surface area contributed by atoms with Gasteiger partial charge in [0.25, 0.3) is 0 Å². The molecule has 0 spiro atoms. The Morgan fingerprint density at radius 3 is 2.57 bits per heavy atom. The molecule has 0 radical (unpaired) electrons. The third-order valence-corrected chi connectivity index (χ3v) is 2.43. The molecule has 1 aromatic rings. The number of aromatic nitrogens is 3. The van der Waals surface area contributed by atoms with Crippen molar-refractivity contribution in [1.29, 1.82) is 0 Å². The molecule has 0 aliphatic carbocycles. The Balaban J connectivity index is 2.27. The molecule has 0 bridgehead atoms. The first-order valence-electron chi connectivity index (χ1n) is 4.61. The number of anilines is 2. The molecule has 6 heteroatoms. The highest BCUT2D eigenvalue weighted by atomic mass is 35.5. The highest BCUT2D eigenvalue weighted by Crippen LogP contribution is 2.16. The molecule has 1 aromatic heterocycles. The van der Waals surface area contributed by atoms with E-state index >= 15 is 0 Å². The van der Waals surface area contributed by atoms with Gasteiger partial charge in [0, 0.05) is 13.1 Å². The molecule has 5 nitrogen and oxygen atoms in total. The van der Waals surface area contributed by atoms with E-state index < -0.39 is 0 Å². The van der Waals surface area contributed by atoms with Crippen LogP contribution in [-0.4, -0.2) is 28.0 Å². The Bertz CT molecular complexity index is 324. The Hall–Kier alpha value is -1.10. The second kappa shape index (κ2) is 3.96. The van der Waals surface area contributed by atoms with Gasteiger partial charge in [0.15, 0.2) is 5.82 Å². The van der Waals surface area contributed by atoms with Crippen LogP contribution in [0.3, 0.4) is 0 Å². The summed E-state index contributed by atoms with van der Waals surface area (Å²) < 4.78 is 0. The van der Waals surface area contributed by atoms with E-state index in [0.29, 0.717) is 11.8 Å². The van der Waals surface area contributed by atoms with Crippen molar-refractivity contribution in [3.8, 4) is 0 Å². The number of rotatable bonds is 2. The van der Waals surface area contributed by atoms with Gasteiger partial charge in [-0.1, -0.05) is 0 Å². The maximum absolute atomic E-state index is 5.65. The van der Waals surface area contributed by atoms with E-state index in [1.165, 1.54) is 12.8 Å². The monoisotopic (exact) mass is 213 g/mol. The average Bonchev–Trinajstić information content (AvgIpc) is 2.69. The summed E-state index contributed by atoms with van der Waals surface area (Å²) in [6.07, 6.45) is 2.36. The minimum absolute atomic E-state index is 0.248. The highest BCUT2D eigenvalue weighted by Gasteiger charge is 2.16. The van der Waals surface area contributed by atoms with E-state index in [1.807, 2.05) is 0 Å². The lowest BCUT2D eigenvalue weighted by molar-refractivity contribution is 0.861. The molecule has 1 fully saturated rings. The van der Waals surface area contributed by atoms with Crippen LogP contribution in [0.15, 0.2) is 0 Å². The topological polar surface area (TPSA) is 67.9 Å².